The standard InChI is InChI=1S/C14H24N2O2/c1-12(2)17-10-8-16(3)9-11-18-14-6-4-13(15)5-7-14/h4-7,12H,8-11,15H2,1-3H3. The van der Waals surface area contributed by atoms with E-state index in [1.165, 1.54) is 0 Å². The number of nitrogen functional groups attached to an aromatic ring is 1. The summed E-state index contributed by atoms with van der Waals surface area (Å²) in [5.74, 6) is 0.857. The van der Waals surface area contributed by atoms with Crippen LogP contribution in [0.25, 0.3) is 0 Å². The Balaban J connectivity index is 2.11. The summed E-state index contributed by atoms with van der Waals surface area (Å²) in [5.41, 5.74) is 6.36. The van der Waals surface area contributed by atoms with Crippen molar-refractivity contribution < 1.29 is 9.47 Å². The van der Waals surface area contributed by atoms with Crippen LogP contribution in [0.3, 0.4) is 0 Å². The van der Waals surface area contributed by atoms with Gasteiger partial charge in [0.15, 0.2) is 0 Å². The molecule has 0 radical (unpaired) electrons. The third-order valence-electron chi connectivity index (χ3n) is 2.55. The summed E-state index contributed by atoms with van der Waals surface area (Å²) >= 11 is 0. The number of nitrogens with zero attached hydrogens (tertiary/aromatic N) is 1. The zero-order chi connectivity index (χ0) is 13.4. The Labute approximate surface area is 110 Å². The normalized spacial score (nSPS) is 11.2. The van der Waals surface area contributed by atoms with Crippen LogP contribution in [-0.4, -0.2) is 44.4 Å². The lowest BCUT2D eigenvalue weighted by atomic mass is 10.3. The van der Waals surface area contributed by atoms with Gasteiger partial charge in [0.05, 0.1) is 12.7 Å². The Morgan fingerprint density at radius 2 is 1.72 bits per heavy atom. The van der Waals surface area contributed by atoms with Crippen molar-refractivity contribution in [2.75, 3.05) is 39.1 Å². The quantitative estimate of drug-likeness (QED) is 0.719. The number of rotatable bonds is 8. The predicted molar refractivity (Wildman–Crippen MR) is 74.9 cm³/mol. The molecule has 4 nitrogen and oxygen atoms in total. The molecule has 0 heterocycles. The summed E-state index contributed by atoms with van der Waals surface area (Å²) < 4.78 is 11.1. The smallest absolute Gasteiger partial charge is 0.119 e. The molecule has 0 unspecified atom stereocenters. The van der Waals surface area contributed by atoms with E-state index in [2.05, 4.69) is 11.9 Å². The molecule has 0 bridgehead atoms. The maximum absolute atomic E-state index is 5.62. The SMILES string of the molecule is CC(C)OCCN(C)CCOc1ccc(N)cc1. The second-order valence-corrected chi connectivity index (χ2v) is 4.64. The van der Waals surface area contributed by atoms with Gasteiger partial charge in [-0.05, 0) is 45.2 Å². The zero-order valence-electron chi connectivity index (χ0n) is 11.6. The Morgan fingerprint density at radius 1 is 1.11 bits per heavy atom. The minimum absolute atomic E-state index is 0.296. The summed E-state index contributed by atoms with van der Waals surface area (Å²) in [6.07, 6.45) is 0.296. The van der Waals surface area contributed by atoms with E-state index in [0.29, 0.717) is 12.7 Å². The lowest BCUT2D eigenvalue weighted by Gasteiger charge is -2.17. The van der Waals surface area contributed by atoms with Gasteiger partial charge in [-0.25, -0.2) is 0 Å². The Bertz CT molecular complexity index is 325. The number of nitrogens with two attached hydrogens (primary N) is 1. The van der Waals surface area contributed by atoms with Crippen LogP contribution in [0.4, 0.5) is 5.69 Å². The van der Waals surface area contributed by atoms with E-state index < -0.39 is 0 Å². The number of hydrogen-bond acceptors (Lipinski definition) is 4. The average molecular weight is 252 g/mol. The molecule has 0 atom stereocenters. The molecule has 18 heavy (non-hydrogen) atoms. The van der Waals surface area contributed by atoms with Crippen molar-refractivity contribution in [1.82, 2.24) is 4.90 Å². The first-order chi connectivity index (χ1) is 8.58. The lowest BCUT2D eigenvalue weighted by Crippen LogP contribution is -2.28. The van der Waals surface area contributed by atoms with Crippen molar-refractivity contribution in [3.05, 3.63) is 24.3 Å². The maximum Gasteiger partial charge on any atom is 0.119 e. The Kier molecular flexibility index (Phi) is 6.54. The summed E-state index contributed by atoms with van der Waals surface area (Å²) in [4.78, 5) is 2.19. The van der Waals surface area contributed by atoms with Gasteiger partial charge in [-0.15, -0.1) is 0 Å². The number of ether oxygens (including phenoxy) is 2. The molecular weight excluding hydrogens is 228 g/mol. The molecule has 0 aliphatic carbocycles. The average Bonchev–Trinajstić information content (AvgIpc) is 2.31. The largest absolute Gasteiger partial charge is 0.492 e. The third-order valence-corrected chi connectivity index (χ3v) is 2.55. The molecule has 4 heteroatoms. The van der Waals surface area contributed by atoms with Crippen LogP contribution in [-0.2, 0) is 4.74 Å². The molecule has 0 saturated carbocycles. The monoisotopic (exact) mass is 252 g/mol. The number of hydrogen-bond donors (Lipinski definition) is 1. The van der Waals surface area contributed by atoms with Gasteiger partial charge in [0.25, 0.3) is 0 Å². The molecule has 0 aliphatic heterocycles. The summed E-state index contributed by atoms with van der Waals surface area (Å²) in [6, 6.07) is 7.46. The highest BCUT2D eigenvalue weighted by molar-refractivity contribution is 5.41. The predicted octanol–water partition coefficient (Wildman–Crippen LogP) is 2.00. The summed E-state index contributed by atoms with van der Waals surface area (Å²) in [5, 5.41) is 0. The molecule has 0 amide bonds. The van der Waals surface area contributed by atoms with Gasteiger partial charge in [-0.1, -0.05) is 0 Å². The molecule has 1 rings (SSSR count). The van der Waals surface area contributed by atoms with Crippen LogP contribution in [0.1, 0.15) is 13.8 Å². The first kappa shape index (κ1) is 14.8. The molecular formula is C14H24N2O2. The van der Waals surface area contributed by atoms with E-state index >= 15 is 0 Å². The van der Waals surface area contributed by atoms with Crippen molar-refractivity contribution in [1.29, 1.82) is 0 Å². The van der Waals surface area contributed by atoms with Gasteiger partial charge in [0.2, 0.25) is 0 Å². The second kappa shape index (κ2) is 7.95. The fraction of sp³-hybridized carbons (Fsp3) is 0.571. The van der Waals surface area contributed by atoms with Gasteiger partial charge >= 0.3 is 0 Å². The van der Waals surface area contributed by atoms with Crippen LogP contribution < -0.4 is 10.5 Å². The molecule has 0 aliphatic rings. The lowest BCUT2D eigenvalue weighted by molar-refractivity contribution is 0.0616. The number of likely N-dealkylation sites (N-methyl/N-ethyl adjacent to an activating group) is 1. The second-order valence-electron chi connectivity index (χ2n) is 4.64. The molecule has 1 aromatic carbocycles. The van der Waals surface area contributed by atoms with Crippen molar-refractivity contribution in [3.8, 4) is 5.75 Å². The van der Waals surface area contributed by atoms with Crippen molar-refractivity contribution >= 4 is 5.69 Å². The Morgan fingerprint density at radius 3 is 2.33 bits per heavy atom. The minimum atomic E-state index is 0.296. The first-order valence-electron chi connectivity index (χ1n) is 6.36. The highest BCUT2D eigenvalue weighted by atomic mass is 16.5. The molecule has 0 spiro atoms. The van der Waals surface area contributed by atoms with Crippen LogP contribution >= 0.6 is 0 Å². The van der Waals surface area contributed by atoms with Crippen LogP contribution in [0.2, 0.25) is 0 Å². The first-order valence-corrected chi connectivity index (χ1v) is 6.36. The van der Waals surface area contributed by atoms with Crippen molar-refractivity contribution in [2.24, 2.45) is 0 Å². The molecule has 102 valence electrons. The van der Waals surface area contributed by atoms with Gasteiger partial charge in [-0.3, -0.25) is 0 Å². The zero-order valence-corrected chi connectivity index (χ0v) is 11.6. The van der Waals surface area contributed by atoms with E-state index in [9.17, 15) is 0 Å². The summed E-state index contributed by atoms with van der Waals surface area (Å²) in [6.45, 7) is 7.32. The van der Waals surface area contributed by atoms with Gasteiger partial charge < -0.3 is 20.1 Å². The molecule has 0 aromatic heterocycles. The van der Waals surface area contributed by atoms with E-state index in [1.54, 1.807) is 0 Å². The maximum atomic E-state index is 5.62. The molecule has 0 saturated heterocycles. The van der Waals surface area contributed by atoms with Gasteiger partial charge in [0, 0.05) is 18.8 Å². The molecule has 1 aromatic rings. The fourth-order valence-corrected chi connectivity index (χ4v) is 1.44. The summed E-state index contributed by atoms with van der Waals surface area (Å²) in [7, 11) is 2.07. The van der Waals surface area contributed by atoms with Crippen LogP contribution in [0.5, 0.6) is 5.75 Å². The van der Waals surface area contributed by atoms with E-state index in [0.717, 1.165) is 31.1 Å². The van der Waals surface area contributed by atoms with Crippen molar-refractivity contribution in [3.63, 3.8) is 0 Å². The van der Waals surface area contributed by atoms with Gasteiger partial charge in [0.1, 0.15) is 12.4 Å². The van der Waals surface area contributed by atoms with Crippen molar-refractivity contribution in [2.45, 2.75) is 20.0 Å². The number of benzene rings is 1. The third kappa shape index (κ3) is 6.47. The minimum Gasteiger partial charge on any atom is -0.492 e. The Hall–Kier alpha value is -1.26. The number of anilines is 1. The van der Waals surface area contributed by atoms with Crippen LogP contribution in [0.15, 0.2) is 24.3 Å². The van der Waals surface area contributed by atoms with Gasteiger partial charge in [-0.2, -0.15) is 0 Å². The highest BCUT2D eigenvalue weighted by Crippen LogP contribution is 2.12. The van der Waals surface area contributed by atoms with E-state index in [-0.39, 0.29) is 0 Å². The highest BCUT2D eigenvalue weighted by Gasteiger charge is 2.00. The topological polar surface area (TPSA) is 47.7 Å². The van der Waals surface area contributed by atoms with Crippen LogP contribution in [0, 0.1) is 0 Å². The molecule has 2 N–H and O–H groups in total. The van der Waals surface area contributed by atoms with E-state index in [4.69, 9.17) is 15.2 Å². The van der Waals surface area contributed by atoms with E-state index in [1.807, 2.05) is 38.1 Å². The fourth-order valence-electron chi connectivity index (χ4n) is 1.44. The molecule has 0 fully saturated rings.